The van der Waals surface area contributed by atoms with Crippen LogP contribution in [0.1, 0.15) is 24.0 Å². The van der Waals surface area contributed by atoms with Crippen LogP contribution < -0.4 is 0 Å². The fourth-order valence-electron chi connectivity index (χ4n) is 3.31. The topological polar surface area (TPSA) is 19.4 Å². The summed E-state index contributed by atoms with van der Waals surface area (Å²) in [7, 11) is 0. The molecule has 23 heavy (non-hydrogen) atoms. The average molecular weight is 309 g/mol. The summed E-state index contributed by atoms with van der Waals surface area (Å²) in [6.07, 6.45) is 7.55. The molecule has 0 bridgehead atoms. The number of hydrogen-bond donors (Lipinski definition) is 0. The third-order valence-electron chi connectivity index (χ3n) is 4.59. The Kier molecular flexibility index (Phi) is 6.18. The molecule has 3 heteroatoms. The molecule has 0 aliphatic carbocycles. The van der Waals surface area contributed by atoms with E-state index in [-0.39, 0.29) is 0 Å². The van der Waals surface area contributed by atoms with E-state index in [1.54, 1.807) is 0 Å². The van der Waals surface area contributed by atoms with E-state index in [1.165, 1.54) is 63.1 Å². The number of benzene rings is 1. The standard InChI is InChI=1S/C20H27N3/c1-2-7-19(8-3-1)10-5-12-22-13-6-14-23(16-15-22)18-20-9-4-11-21-17-20/h1-4,7-9,11,17H,5-6,10,12-16,18H2. The Labute approximate surface area is 140 Å². The first-order valence-electron chi connectivity index (χ1n) is 8.78. The highest BCUT2D eigenvalue weighted by Gasteiger charge is 2.14. The molecule has 0 N–H and O–H groups in total. The predicted molar refractivity (Wildman–Crippen MR) is 95.3 cm³/mol. The summed E-state index contributed by atoms with van der Waals surface area (Å²) in [6.45, 7) is 7.04. The number of nitrogens with zero attached hydrogens (tertiary/aromatic N) is 3. The van der Waals surface area contributed by atoms with E-state index in [2.05, 4.69) is 51.2 Å². The summed E-state index contributed by atoms with van der Waals surface area (Å²) in [4.78, 5) is 9.42. The van der Waals surface area contributed by atoms with Gasteiger partial charge >= 0.3 is 0 Å². The molecule has 1 aliphatic rings. The van der Waals surface area contributed by atoms with Gasteiger partial charge in [-0.15, -0.1) is 0 Å². The highest BCUT2D eigenvalue weighted by molar-refractivity contribution is 5.14. The third-order valence-corrected chi connectivity index (χ3v) is 4.59. The number of pyridine rings is 1. The summed E-state index contributed by atoms with van der Waals surface area (Å²) in [5, 5.41) is 0. The molecule has 1 aliphatic heterocycles. The van der Waals surface area contributed by atoms with Gasteiger partial charge in [-0.25, -0.2) is 0 Å². The van der Waals surface area contributed by atoms with Crippen LogP contribution in [0.5, 0.6) is 0 Å². The molecule has 1 aromatic carbocycles. The normalized spacial score (nSPS) is 17.0. The Balaban J connectivity index is 1.40. The van der Waals surface area contributed by atoms with Gasteiger partial charge in [-0.3, -0.25) is 9.88 Å². The molecule has 0 atom stereocenters. The summed E-state index contributed by atoms with van der Waals surface area (Å²) in [5.74, 6) is 0. The van der Waals surface area contributed by atoms with E-state index in [0.29, 0.717) is 0 Å². The highest BCUT2D eigenvalue weighted by atomic mass is 15.2. The molecule has 0 saturated carbocycles. The highest BCUT2D eigenvalue weighted by Crippen LogP contribution is 2.10. The molecule has 1 saturated heterocycles. The van der Waals surface area contributed by atoms with Crippen molar-refractivity contribution in [1.82, 2.24) is 14.8 Å². The molecule has 0 radical (unpaired) electrons. The first-order valence-corrected chi connectivity index (χ1v) is 8.78. The van der Waals surface area contributed by atoms with E-state index >= 15 is 0 Å². The lowest BCUT2D eigenvalue weighted by Gasteiger charge is -2.21. The lowest BCUT2D eigenvalue weighted by molar-refractivity contribution is 0.250. The zero-order valence-electron chi connectivity index (χ0n) is 13.9. The number of aromatic nitrogens is 1. The quantitative estimate of drug-likeness (QED) is 0.817. The summed E-state index contributed by atoms with van der Waals surface area (Å²) >= 11 is 0. The molecule has 3 nitrogen and oxygen atoms in total. The predicted octanol–water partition coefficient (Wildman–Crippen LogP) is 3.22. The van der Waals surface area contributed by atoms with Gasteiger partial charge in [-0.1, -0.05) is 36.4 Å². The van der Waals surface area contributed by atoms with Crippen molar-refractivity contribution in [3.8, 4) is 0 Å². The van der Waals surface area contributed by atoms with Crippen LogP contribution in [0.15, 0.2) is 54.9 Å². The second kappa shape index (κ2) is 8.80. The lowest BCUT2D eigenvalue weighted by Crippen LogP contribution is -2.31. The van der Waals surface area contributed by atoms with Crippen molar-refractivity contribution in [2.45, 2.75) is 25.8 Å². The number of rotatable bonds is 6. The van der Waals surface area contributed by atoms with Crippen LogP contribution in [0.2, 0.25) is 0 Å². The van der Waals surface area contributed by atoms with Crippen LogP contribution in [0.4, 0.5) is 0 Å². The Morgan fingerprint density at radius 3 is 2.43 bits per heavy atom. The largest absolute Gasteiger partial charge is 0.302 e. The Hall–Kier alpha value is -1.71. The van der Waals surface area contributed by atoms with Gasteiger partial charge in [-0.2, -0.15) is 0 Å². The third kappa shape index (κ3) is 5.45. The minimum atomic E-state index is 1.03. The molecule has 1 aromatic heterocycles. The van der Waals surface area contributed by atoms with Gasteiger partial charge in [0.1, 0.15) is 0 Å². The van der Waals surface area contributed by atoms with Crippen molar-refractivity contribution in [1.29, 1.82) is 0 Å². The average Bonchev–Trinajstić information content (AvgIpc) is 2.82. The van der Waals surface area contributed by atoms with E-state index in [0.717, 1.165) is 6.54 Å². The van der Waals surface area contributed by atoms with E-state index in [4.69, 9.17) is 0 Å². The van der Waals surface area contributed by atoms with Crippen LogP contribution >= 0.6 is 0 Å². The van der Waals surface area contributed by atoms with Crippen LogP contribution in [-0.4, -0.2) is 47.5 Å². The number of hydrogen-bond acceptors (Lipinski definition) is 3. The van der Waals surface area contributed by atoms with Crippen LogP contribution in [-0.2, 0) is 13.0 Å². The number of aryl methyl sites for hydroxylation is 1. The Morgan fingerprint density at radius 2 is 1.61 bits per heavy atom. The van der Waals surface area contributed by atoms with Crippen molar-refractivity contribution in [2.75, 3.05) is 32.7 Å². The van der Waals surface area contributed by atoms with Gasteiger partial charge in [0.2, 0.25) is 0 Å². The molecule has 3 rings (SSSR count). The molecule has 1 fully saturated rings. The van der Waals surface area contributed by atoms with Gasteiger partial charge in [-0.05, 0) is 56.1 Å². The van der Waals surface area contributed by atoms with Gasteiger partial charge in [0.05, 0.1) is 0 Å². The molecule has 2 heterocycles. The molecular weight excluding hydrogens is 282 g/mol. The Morgan fingerprint density at radius 1 is 0.826 bits per heavy atom. The molecule has 0 unspecified atom stereocenters. The zero-order valence-corrected chi connectivity index (χ0v) is 13.9. The maximum atomic E-state index is 4.22. The van der Waals surface area contributed by atoms with Crippen molar-refractivity contribution < 1.29 is 0 Å². The molecular formula is C20H27N3. The molecule has 2 aromatic rings. The van der Waals surface area contributed by atoms with E-state index in [1.807, 2.05) is 18.5 Å². The molecule has 122 valence electrons. The Bertz CT molecular complexity index is 556. The second-order valence-electron chi connectivity index (χ2n) is 6.42. The van der Waals surface area contributed by atoms with Crippen molar-refractivity contribution >= 4 is 0 Å². The van der Waals surface area contributed by atoms with E-state index < -0.39 is 0 Å². The fraction of sp³-hybridized carbons (Fsp3) is 0.450. The molecule has 0 spiro atoms. The van der Waals surface area contributed by atoms with Crippen LogP contribution in [0.3, 0.4) is 0 Å². The summed E-state index contributed by atoms with van der Waals surface area (Å²) in [6, 6.07) is 15.0. The van der Waals surface area contributed by atoms with Gasteiger partial charge in [0.25, 0.3) is 0 Å². The zero-order chi connectivity index (χ0) is 15.7. The van der Waals surface area contributed by atoms with Crippen LogP contribution in [0, 0.1) is 0 Å². The van der Waals surface area contributed by atoms with Crippen molar-refractivity contribution in [2.24, 2.45) is 0 Å². The fourth-order valence-corrected chi connectivity index (χ4v) is 3.31. The SMILES string of the molecule is c1ccc(CCCN2CCCN(Cc3cccnc3)CC2)cc1. The summed E-state index contributed by atoms with van der Waals surface area (Å²) in [5.41, 5.74) is 2.78. The summed E-state index contributed by atoms with van der Waals surface area (Å²) < 4.78 is 0. The molecule has 0 amide bonds. The smallest absolute Gasteiger partial charge is 0.0312 e. The maximum Gasteiger partial charge on any atom is 0.0312 e. The van der Waals surface area contributed by atoms with Gasteiger partial charge in [0, 0.05) is 32.0 Å². The minimum absolute atomic E-state index is 1.03. The first-order chi connectivity index (χ1) is 11.4. The maximum absolute atomic E-state index is 4.22. The lowest BCUT2D eigenvalue weighted by atomic mass is 10.1. The van der Waals surface area contributed by atoms with Crippen LogP contribution in [0.25, 0.3) is 0 Å². The second-order valence-corrected chi connectivity index (χ2v) is 6.42. The monoisotopic (exact) mass is 309 g/mol. The van der Waals surface area contributed by atoms with Crippen molar-refractivity contribution in [3.05, 3.63) is 66.0 Å². The van der Waals surface area contributed by atoms with Gasteiger partial charge in [0.15, 0.2) is 0 Å². The first kappa shape index (κ1) is 16.2. The van der Waals surface area contributed by atoms with Crippen molar-refractivity contribution in [3.63, 3.8) is 0 Å². The van der Waals surface area contributed by atoms with E-state index in [9.17, 15) is 0 Å². The van der Waals surface area contributed by atoms with Gasteiger partial charge < -0.3 is 4.90 Å². The minimum Gasteiger partial charge on any atom is -0.302 e.